The maximum absolute atomic E-state index is 12.6. The summed E-state index contributed by atoms with van der Waals surface area (Å²) < 4.78 is 1.35. The van der Waals surface area contributed by atoms with E-state index in [1.807, 2.05) is 32.0 Å². The summed E-state index contributed by atoms with van der Waals surface area (Å²) in [5.74, 6) is 0.499. The van der Waals surface area contributed by atoms with Crippen molar-refractivity contribution >= 4 is 11.6 Å². The quantitative estimate of drug-likeness (QED) is 0.488. The topological polar surface area (TPSA) is 72.7 Å². The van der Waals surface area contributed by atoms with Gasteiger partial charge in [-0.05, 0) is 55.0 Å². The second kappa shape index (κ2) is 10.7. The Morgan fingerprint density at radius 1 is 1.19 bits per heavy atom. The van der Waals surface area contributed by atoms with Gasteiger partial charge in [-0.2, -0.15) is 9.78 Å². The summed E-state index contributed by atoms with van der Waals surface area (Å²) in [4.78, 5) is 21.4. The van der Waals surface area contributed by atoms with Gasteiger partial charge in [0.25, 0.3) is 0 Å². The van der Waals surface area contributed by atoms with E-state index >= 15 is 0 Å². The first-order valence-corrected chi connectivity index (χ1v) is 11.0. The lowest BCUT2D eigenvalue weighted by Crippen LogP contribution is -2.28. The molecular formula is C26H31N5O. The van der Waals surface area contributed by atoms with E-state index in [4.69, 9.17) is 0 Å². The van der Waals surface area contributed by atoms with E-state index in [-0.39, 0.29) is 6.03 Å². The van der Waals surface area contributed by atoms with Crippen LogP contribution in [0.5, 0.6) is 0 Å². The molecule has 166 valence electrons. The minimum Gasteiger partial charge on any atom is -0.332 e. The molecule has 3 rings (SSSR count). The van der Waals surface area contributed by atoms with E-state index in [0.717, 1.165) is 45.6 Å². The maximum atomic E-state index is 12.6. The Balaban J connectivity index is 1.65. The third-order valence-corrected chi connectivity index (χ3v) is 5.08. The van der Waals surface area contributed by atoms with Crippen molar-refractivity contribution < 1.29 is 4.79 Å². The van der Waals surface area contributed by atoms with E-state index in [0.29, 0.717) is 12.5 Å². The number of aryl methyl sites for hydroxylation is 2. The number of hydrogen-bond acceptors (Lipinski definition) is 4. The maximum Gasteiger partial charge on any atom is 0.342 e. The van der Waals surface area contributed by atoms with Gasteiger partial charge < -0.3 is 5.32 Å². The Morgan fingerprint density at radius 3 is 2.69 bits per heavy atom. The number of rotatable bonds is 7. The van der Waals surface area contributed by atoms with Gasteiger partial charge in [-0.1, -0.05) is 45.1 Å². The van der Waals surface area contributed by atoms with Crippen LogP contribution in [0.3, 0.4) is 0 Å². The first kappa shape index (κ1) is 23.1. The first-order valence-electron chi connectivity index (χ1n) is 11.0. The predicted molar refractivity (Wildman–Crippen MR) is 129 cm³/mol. The second-order valence-corrected chi connectivity index (χ2v) is 8.20. The number of aromatic nitrogens is 4. The Hall–Kier alpha value is -3.54. The number of nitrogens with one attached hydrogen (secondary N) is 1. The molecule has 0 saturated heterocycles. The molecule has 6 nitrogen and oxygen atoms in total. The molecule has 1 N–H and O–H groups in total. The Morgan fingerprint density at radius 2 is 2.00 bits per heavy atom. The minimum absolute atomic E-state index is 0.268. The first-order chi connectivity index (χ1) is 15.4. The van der Waals surface area contributed by atoms with Crippen molar-refractivity contribution in [2.75, 3.05) is 0 Å². The van der Waals surface area contributed by atoms with Gasteiger partial charge in [0.2, 0.25) is 0 Å². The molecule has 0 fully saturated rings. The molecule has 1 amide bonds. The van der Waals surface area contributed by atoms with Gasteiger partial charge >= 0.3 is 6.03 Å². The molecule has 0 atom stereocenters. The fraction of sp³-hybridized carbons (Fsp3) is 0.308. The van der Waals surface area contributed by atoms with E-state index in [1.54, 1.807) is 24.8 Å². The van der Waals surface area contributed by atoms with Crippen molar-refractivity contribution in [2.45, 2.75) is 47.6 Å². The number of carbonyl (C=O) groups is 1. The number of carbonyl (C=O) groups excluding carboxylic acids is 1. The molecule has 3 aromatic heterocycles. The lowest BCUT2D eigenvalue weighted by Gasteiger charge is -2.09. The Labute approximate surface area is 190 Å². The highest BCUT2D eigenvalue weighted by Gasteiger charge is 2.10. The normalized spacial score (nSPS) is 12.0. The number of nitrogens with zero attached hydrogens (tertiary/aromatic N) is 4. The molecule has 0 aliphatic carbocycles. The lowest BCUT2D eigenvalue weighted by molar-refractivity contribution is 0.239. The largest absolute Gasteiger partial charge is 0.342 e. The van der Waals surface area contributed by atoms with Crippen LogP contribution in [0.2, 0.25) is 0 Å². The van der Waals surface area contributed by atoms with Crippen LogP contribution in [-0.2, 0) is 6.54 Å². The summed E-state index contributed by atoms with van der Waals surface area (Å²) in [5.41, 5.74) is 7.00. The average Bonchev–Trinajstić information content (AvgIpc) is 3.25. The highest BCUT2D eigenvalue weighted by atomic mass is 16.2. The summed E-state index contributed by atoms with van der Waals surface area (Å²) in [6, 6.07) is 5.75. The molecule has 0 aliphatic heterocycles. The number of hydrogen-bond donors (Lipinski definition) is 1. The van der Waals surface area contributed by atoms with Gasteiger partial charge in [-0.3, -0.25) is 9.97 Å². The summed E-state index contributed by atoms with van der Waals surface area (Å²) >= 11 is 0. The lowest BCUT2D eigenvalue weighted by atomic mass is 10.1. The number of amides is 1. The zero-order valence-electron chi connectivity index (χ0n) is 19.5. The fourth-order valence-corrected chi connectivity index (χ4v) is 3.40. The van der Waals surface area contributed by atoms with E-state index < -0.39 is 0 Å². The van der Waals surface area contributed by atoms with Crippen LogP contribution in [0.15, 0.2) is 61.2 Å². The van der Waals surface area contributed by atoms with Gasteiger partial charge in [0.05, 0.1) is 11.9 Å². The fourth-order valence-electron chi connectivity index (χ4n) is 3.40. The summed E-state index contributed by atoms with van der Waals surface area (Å²) in [5, 5.41) is 7.16. The molecule has 0 bridgehead atoms. The molecule has 3 heterocycles. The summed E-state index contributed by atoms with van der Waals surface area (Å²) in [7, 11) is 0. The molecule has 0 unspecified atom stereocenters. The molecule has 0 saturated carbocycles. The summed E-state index contributed by atoms with van der Waals surface area (Å²) in [6.45, 7) is 10.7. The standard InChI is InChI=1S/C26H31N5O/c1-6-22(9-7-8-18(2)3)24-16-30-31(17-24)26(32)29-15-21-12-19(4)25(28-14-21)23-10-11-27-20(5)13-23/h7-14,16-18H,6,15H2,1-5H3,(H,29,32)/b8-7-,22-9+. The van der Waals surface area contributed by atoms with Crippen molar-refractivity contribution in [1.29, 1.82) is 0 Å². The van der Waals surface area contributed by atoms with Crippen LogP contribution in [0.4, 0.5) is 4.79 Å². The third kappa shape index (κ3) is 6.00. The van der Waals surface area contributed by atoms with Crippen LogP contribution in [0.1, 0.15) is 49.6 Å². The molecule has 0 aromatic carbocycles. The highest BCUT2D eigenvalue weighted by Crippen LogP contribution is 2.22. The minimum atomic E-state index is -0.268. The third-order valence-electron chi connectivity index (χ3n) is 5.08. The van der Waals surface area contributed by atoms with Crippen LogP contribution in [-0.4, -0.2) is 25.8 Å². The number of pyridine rings is 2. The molecule has 0 aliphatic rings. The SMILES string of the molecule is CC/C(=C\C=C/C(C)C)c1cnn(C(=O)NCc2cnc(-c3ccnc(C)c3)c(C)c2)c1. The highest BCUT2D eigenvalue weighted by molar-refractivity contribution is 5.77. The monoisotopic (exact) mass is 429 g/mol. The van der Waals surface area contributed by atoms with Crippen LogP contribution in [0, 0.1) is 19.8 Å². The molecule has 32 heavy (non-hydrogen) atoms. The van der Waals surface area contributed by atoms with E-state index in [2.05, 4.69) is 59.4 Å². The zero-order valence-corrected chi connectivity index (χ0v) is 19.5. The Bertz CT molecular complexity index is 1140. The van der Waals surface area contributed by atoms with Gasteiger partial charge in [0.15, 0.2) is 0 Å². The van der Waals surface area contributed by atoms with Gasteiger partial charge in [-0.15, -0.1) is 0 Å². The predicted octanol–water partition coefficient (Wildman–Crippen LogP) is 5.72. The molecule has 6 heteroatoms. The van der Waals surface area contributed by atoms with E-state index in [9.17, 15) is 4.79 Å². The molecular weight excluding hydrogens is 398 g/mol. The van der Waals surface area contributed by atoms with Crippen LogP contribution >= 0.6 is 0 Å². The van der Waals surface area contributed by atoms with Crippen LogP contribution in [0.25, 0.3) is 16.8 Å². The van der Waals surface area contributed by atoms with E-state index in [1.165, 1.54) is 4.68 Å². The van der Waals surface area contributed by atoms with Crippen molar-refractivity contribution in [3.05, 3.63) is 83.6 Å². The molecule has 0 radical (unpaired) electrons. The molecule has 3 aromatic rings. The van der Waals surface area contributed by atoms with Crippen molar-refractivity contribution in [1.82, 2.24) is 25.1 Å². The van der Waals surface area contributed by atoms with Gasteiger partial charge in [0.1, 0.15) is 0 Å². The van der Waals surface area contributed by atoms with Crippen molar-refractivity contribution in [3.63, 3.8) is 0 Å². The number of allylic oxidation sites excluding steroid dienone is 4. The summed E-state index contributed by atoms with van der Waals surface area (Å²) in [6.07, 6.45) is 14.2. The average molecular weight is 430 g/mol. The van der Waals surface area contributed by atoms with Gasteiger partial charge in [0, 0.05) is 42.0 Å². The van der Waals surface area contributed by atoms with Crippen molar-refractivity contribution in [2.24, 2.45) is 5.92 Å². The van der Waals surface area contributed by atoms with Gasteiger partial charge in [-0.25, -0.2) is 4.79 Å². The van der Waals surface area contributed by atoms with Crippen LogP contribution < -0.4 is 5.32 Å². The molecule has 0 spiro atoms. The van der Waals surface area contributed by atoms with Crippen molar-refractivity contribution in [3.8, 4) is 11.3 Å². The smallest absolute Gasteiger partial charge is 0.332 e. The zero-order chi connectivity index (χ0) is 23.1. The second-order valence-electron chi connectivity index (χ2n) is 8.20. The Kier molecular flexibility index (Phi) is 7.71.